The molecule has 2 aromatic rings. The summed E-state index contributed by atoms with van der Waals surface area (Å²) in [5, 5.41) is 12.4. The Hall–Kier alpha value is -3.45. The highest BCUT2D eigenvalue weighted by atomic mass is 32.2. The highest BCUT2D eigenvalue weighted by molar-refractivity contribution is 7.90. The smallest absolute Gasteiger partial charge is 0.411 e. The summed E-state index contributed by atoms with van der Waals surface area (Å²) in [6.45, 7) is 5.30. The number of hydrogen-bond acceptors (Lipinski definition) is 6. The monoisotopic (exact) mass is 541 g/mol. The molecule has 4 rings (SSSR count). The molecule has 10 heteroatoms. The number of benzene rings is 2. The summed E-state index contributed by atoms with van der Waals surface area (Å²) in [6, 6.07) is 10.9. The summed E-state index contributed by atoms with van der Waals surface area (Å²) >= 11 is 0. The normalized spacial score (nSPS) is 21.6. The van der Waals surface area contributed by atoms with E-state index in [9.17, 15) is 23.3 Å². The number of nitrogens with one attached hydrogen (secondary N) is 1. The number of piperidine rings is 1. The van der Waals surface area contributed by atoms with Crippen LogP contribution < -0.4 is 5.32 Å². The third-order valence-corrected chi connectivity index (χ3v) is 8.11. The standard InChI is InChI=1S/C28H32FN3O5S/c1-28(2,3)37-27(34)32-22-11-10-20(13-22)25(32)26(33)31-21(16-30)12-19-9-8-18(15-24(19)29)17-6-5-7-23(14-17)38(4,35)36/h5-9,14-15,20-22,25H,10-13H2,1-4H3,(H,31,33)/t20-,21-,22+,25-/m0/s1. The van der Waals surface area contributed by atoms with Gasteiger partial charge in [-0.25, -0.2) is 17.6 Å². The van der Waals surface area contributed by atoms with Gasteiger partial charge in [0.1, 0.15) is 23.5 Å². The van der Waals surface area contributed by atoms with Crippen molar-refractivity contribution in [2.45, 2.75) is 75.1 Å². The van der Waals surface area contributed by atoms with Crippen molar-refractivity contribution < 1.29 is 27.1 Å². The van der Waals surface area contributed by atoms with E-state index in [0.29, 0.717) is 17.5 Å². The molecule has 1 heterocycles. The number of nitrogens with zero attached hydrogens (tertiary/aromatic N) is 2. The summed E-state index contributed by atoms with van der Waals surface area (Å²) in [6.07, 6.45) is 2.83. The maximum Gasteiger partial charge on any atom is 0.411 e. The number of amides is 2. The molecule has 1 aliphatic heterocycles. The van der Waals surface area contributed by atoms with Crippen LogP contribution in [0.4, 0.5) is 9.18 Å². The number of rotatable bonds is 6. The Morgan fingerprint density at radius 2 is 1.89 bits per heavy atom. The van der Waals surface area contributed by atoms with Gasteiger partial charge in [-0.3, -0.25) is 9.69 Å². The van der Waals surface area contributed by atoms with Crippen LogP contribution in [0.2, 0.25) is 0 Å². The van der Waals surface area contributed by atoms with Crippen LogP contribution in [0, 0.1) is 23.1 Å². The first kappa shape index (κ1) is 27.6. The first-order chi connectivity index (χ1) is 17.8. The Labute approximate surface area is 222 Å². The second-order valence-corrected chi connectivity index (χ2v) is 13.1. The molecule has 1 aliphatic carbocycles. The Morgan fingerprint density at radius 1 is 1.18 bits per heavy atom. The molecule has 2 fully saturated rings. The van der Waals surface area contributed by atoms with Crippen molar-refractivity contribution in [2.24, 2.45) is 5.92 Å². The first-order valence-corrected chi connectivity index (χ1v) is 14.5. The number of halogens is 1. The van der Waals surface area contributed by atoms with Gasteiger partial charge in [0, 0.05) is 18.7 Å². The predicted octanol–water partition coefficient (Wildman–Crippen LogP) is 4.24. The lowest BCUT2D eigenvalue weighted by Crippen LogP contribution is -2.55. The second kappa shape index (κ2) is 10.4. The number of hydrogen-bond donors (Lipinski definition) is 1. The van der Waals surface area contributed by atoms with E-state index in [1.165, 1.54) is 29.2 Å². The van der Waals surface area contributed by atoms with Gasteiger partial charge in [-0.15, -0.1) is 0 Å². The summed E-state index contributed by atoms with van der Waals surface area (Å²) < 4.78 is 44.3. The van der Waals surface area contributed by atoms with Gasteiger partial charge < -0.3 is 10.1 Å². The van der Waals surface area contributed by atoms with Crippen LogP contribution in [-0.2, 0) is 25.8 Å². The summed E-state index contributed by atoms with van der Waals surface area (Å²) in [4.78, 5) is 27.8. The van der Waals surface area contributed by atoms with Gasteiger partial charge in [0.15, 0.2) is 9.84 Å². The van der Waals surface area contributed by atoms with Gasteiger partial charge in [-0.2, -0.15) is 5.26 Å². The lowest BCUT2D eigenvalue weighted by Gasteiger charge is -2.35. The van der Waals surface area contributed by atoms with Crippen LogP contribution in [0.3, 0.4) is 0 Å². The third kappa shape index (κ3) is 5.99. The van der Waals surface area contributed by atoms with Crippen molar-refractivity contribution in [1.29, 1.82) is 5.26 Å². The zero-order valence-corrected chi connectivity index (χ0v) is 22.7. The molecule has 0 spiro atoms. The van der Waals surface area contributed by atoms with Crippen LogP contribution in [0.5, 0.6) is 0 Å². The van der Waals surface area contributed by atoms with E-state index in [1.54, 1.807) is 39.0 Å². The zero-order valence-electron chi connectivity index (χ0n) is 21.9. The number of ether oxygens (including phenoxy) is 1. The van der Waals surface area contributed by atoms with E-state index in [0.717, 1.165) is 19.1 Å². The lowest BCUT2D eigenvalue weighted by molar-refractivity contribution is -0.128. The molecule has 1 saturated carbocycles. The molecule has 8 nitrogen and oxygen atoms in total. The molecule has 2 aliphatic rings. The Morgan fingerprint density at radius 3 is 2.53 bits per heavy atom. The van der Waals surface area contributed by atoms with Crippen molar-refractivity contribution in [3.8, 4) is 17.2 Å². The van der Waals surface area contributed by atoms with Crippen LogP contribution in [0.25, 0.3) is 11.1 Å². The number of sulfone groups is 1. The highest BCUT2D eigenvalue weighted by Crippen LogP contribution is 2.43. The fourth-order valence-electron chi connectivity index (χ4n) is 5.31. The summed E-state index contributed by atoms with van der Waals surface area (Å²) in [5.41, 5.74) is 0.563. The molecule has 4 atom stereocenters. The Bertz CT molecular complexity index is 1400. The minimum Gasteiger partial charge on any atom is -0.444 e. The second-order valence-electron chi connectivity index (χ2n) is 11.1. The number of carbonyl (C=O) groups excluding carboxylic acids is 2. The van der Waals surface area contributed by atoms with E-state index in [4.69, 9.17) is 4.74 Å². The summed E-state index contributed by atoms with van der Waals surface area (Å²) in [5.74, 6) is -1.02. The minimum atomic E-state index is -3.41. The maximum atomic E-state index is 15.0. The number of fused-ring (bicyclic) bond motifs is 2. The number of likely N-dealkylation sites (tertiary alicyclic amines) is 1. The van der Waals surface area contributed by atoms with Gasteiger partial charge in [0.25, 0.3) is 0 Å². The fourth-order valence-corrected chi connectivity index (χ4v) is 5.97. The van der Waals surface area contributed by atoms with Gasteiger partial charge >= 0.3 is 6.09 Å². The molecule has 202 valence electrons. The lowest BCUT2D eigenvalue weighted by atomic mass is 9.97. The molecule has 1 N–H and O–H groups in total. The number of nitriles is 1. The molecule has 0 unspecified atom stereocenters. The molecule has 2 aromatic carbocycles. The average Bonchev–Trinajstić information content (AvgIpc) is 3.45. The van der Waals surface area contributed by atoms with Gasteiger partial charge in [-0.05, 0) is 80.8 Å². The minimum absolute atomic E-state index is 0.00872. The van der Waals surface area contributed by atoms with E-state index < -0.39 is 45.3 Å². The van der Waals surface area contributed by atoms with E-state index in [2.05, 4.69) is 5.32 Å². The van der Waals surface area contributed by atoms with Crippen molar-refractivity contribution in [3.05, 3.63) is 53.8 Å². The van der Waals surface area contributed by atoms with Crippen LogP contribution in [0.15, 0.2) is 47.4 Å². The highest BCUT2D eigenvalue weighted by Gasteiger charge is 2.52. The first-order valence-electron chi connectivity index (χ1n) is 12.6. The predicted molar refractivity (Wildman–Crippen MR) is 139 cm³/mol. The summed E-state index contributed by atoms with van der Waals surface area (Å²) in [7, 11) is -3.41. The van der Waals surface area contributed by atoms with Gasteiger partial charge in [0.05, 0.1) is 11.0 Å². The molecule has 1 saturated heterocycles. The third-order valence-electron chi connectivity index (χ3n) is 7.00. The Balaban J connectivity index is 1.47. The van der Waals surface area contributed by atoms with Crippen molar-refractivity contribution >= 4 is 21.8 Å². The molecule has 2 bridgehead atoms. The van der Waals surface area contributed by atoms with E-state index >= 15 is 4.39 Å². The molecule has 0 radical (unpaired) electrons. The number of carbonyl (C=O) groups is 2. The molecular weight excluding hydrogens is 509 g/mol. The molecular formula is C28H32FN3O5S. The zero-order chi connectivity index (χ0) is 27.8. The van der Waals surface area contributed by atoms with E-state index in [1.807, 2.05) is 6.07 Å². The fraction of sp³-hybridized carbons (Fsp3) is 0.464. The molecule has 0 aromatic heterocycles. The van der Waals surface area contributed by atoms with Crippen molar-refractivity contribution in [3.63, 3.8) is 0 Å². The topological polar surface area (TPSA) is 117 Å². The quantitative estimate of drug-likeness (QED) is 0.585. The van der Waals surface area contributed by atoms with Crippen LogP contribution >= 0.6 is 0 Å². The average molecular weight is 542 g/mol. The SMILES string of the molecule is CC(C)(C)OC(=O)N1[C@@H]2CC[C@@H](C2)[C@H]1C(=O)N[C@H](C#N)Cc1ccc(-c2cccc(S(C)(=O)=O)c2)cc1F. The molecule has 38 heavy (non-hydrogen) atoms. The van der Waals surface area contributed by atoms with Crippen LogP contribution in [0.1, 0.15) is 45.6 Å². The van der Waals surface area contributed by atoms with Crippen LogP contribution in [-0.4, -0.2) is 55.3 Å². The largest absolute Gasteiger partial charge is 0.444 e. The van der Waals surface area contributed by atoms with Crippen molar-refractivity contribution in [2.75, 3.05) is 6.26 Å². The van der Waals surface area contributed by atoms with Gasteiger partial charge in [0.2, 0.25) is 5.91 Å². The Kier molecular flexibility index (Phi) is 7.53. The maximum absolute atomic E-state index is 15.0. The van der Waals surface area contributed by atoms with Crippen molar-refractivity contribution in [1.82, 2.24) is 10.2 Å². The van der Waals surface area contributed by atoms with E-state index in [-0.39, 0.29) is 28.8 Å². The van der Waals surface area contributed by atoms with Gasteiger partial charge in [-0.1, -0.05) is 24.3 Å². The molecule has 2 amide bonds.